The molecule has 0 saturated carbocycles. The van der Waals surface area contributed by atoms with E-state index < -0.39 is 0 Å². The SMILES string of the molecule is c1ccc(-c2cccc(-c3cc(-c4cccc(-c5ccccc5)c4)c4nc(-c5ccc(-c6nc7ccccc7n6-c6ccccc6)cc5)nc(-c5ccc(-c6nc7ccccc7n6-c6ccccc6)cc5)c4c3)c2)cc1. The van der Waals surface area contributed by atoms with E-state index >= 15 is 0 Å². The van der Waals surface area contributed by atoms with Crippen LogP contribution in [0.1, 0.15) is 0 Å². The first-order valence-electron chi connectivity index (χ1n) is 25.6. The lowest BCUT2D eigenvalue weighted by Crippen LogP contribution is -1.99. The van der Waals surface area contributed by atoms with Crippen LogP contribution >= 0.6 is 0 Å². The van der Waals surface area contributed by atoms with Gasteiger partial charge in [0.15, 0.2) is 5.82 Å². The maximum Gasteiger partial charge on any atom is 0.160 e. The van der Waals surface area contributed by atoms with Crippen LogP contribution in [0.5, 0.6) is 0 Å². The van der Waals surface area contributed by atoms with Gasteiger partial charge in [0, 0.05) is 44.6 Å². The number of imidazole rings is 2. The van der Waals surface area contributed by atoms with Gasteiger partial charge in [-0.15, -0.1) is 0 Å². The first-order chi connectivity index (χ1) is 37.7. The molecule has 0 aliphatic rings. The van der Waals surface area contributed by atoms with Crippen molar-refractivity contribution >= 4 is 33.0 Å². The molecule has 0 aliphatic heterocycles. The van der Waals surface area contributed by atoms with Crippen molar-refractivity contribution in [3.63, 3.8) is 0 Å². The van der Waals surface area contributed by atoms with E-state index in [1.807, 2.05) is 24.3 Å². The molecule has 3 aromatic heterocycles. The second-order valence-corrected chi connectivity index (χ2v) is 19.1. The summed E-state index contributed by atoms with van der Waals surface area (Å²) in [7, 11) is 0. The molecule has 3 heterocycles. The lowest BCUT2D eigenvalue weighted by Gasteiger charge is -2.17. The number of para-hydroxylation sites is 6. The molecular formula is C70H46N6. The summed E-state index contributed by atoms with van der Waals surface area (Å²) in [6, 6.07) is 98.2. The van der Waals surface area contributed by atoms with Crippen molar-refractivity contribution in [3.8, 4) is 101 Å². The highest BCUT2D eigenvalue weighted by atomic mass is 15.1. The number of aromatic nitrogens is 6. The molecule has 0 radical (unpaired) electrons. The average molecular weight is 971 g/mol. The highest BCUT2D eigenvalue weighted by molar-refractivity contribution is 6.05. The lowest BCUT2D eigenvalue weighted by atomic mass is 9.91. The van der Waals surface area contributed by atoms with Crippen molar-refractivity contribution in [2.75, 3.05) is 0 Å². The second-order valence-electron chi connectivity index (χ2n) is 19.1. The predicted octanol–water partition coefficient (Wildman–Crippen LogP) is 17.6. The number of benzene rings is 11. The van der Waals surface area contributed by atoms with Crippen LogP contribution in [0.3, 0.4) is 0 Å². The van der Waals surface area contributed by atoms with Crippen LogP contribution in [-0.2, 0) is 0 Å². The number of rotatable bonds is 10. The van der Waals surface area contributed by atoms with Crippen molar-refractivity contribution < 1.29 is 0 Å². The van der Waals surface area contributed by atoms with Crippen molar-refractivity contribution in [1.29, 1.82) is 0 Å². The Kier molecular flexibility index (Phi) is 11.1. The van der Waals surface area contributed by atoms with Gasteiger partial charge in [0.1, 0.15) is 11.6 Å². The third-order valence-electron chi connectivity index (χ3n) is 14.4. The summed E-state index contributed by atoms with van der Waals surface area (Å²) in [6.07, 6.45) is 0. The molecule has 0 aliphatic carbocycles. The van der Waals surface area contributed by atoms with Crippen LogP contribution in [0.2, 0.25) is 0 Å². The van der Waals surface area contributed by atoms with E-state index in [2.05, 4.69) is 264 Å². The highest BCUT2D eigenvalue weighted by Gasteiger charge is 2.21. The Bertz CT molecular complexity index is 4410. The summed E-state index contributed by atoms with van der Waals surface area (Å²) < 4.78 is 4.48. The summed E-state index contributed by atoms with van der Waals surface area (Å²) in [4.78, 5) is 21.6. The lowest BCUT2D eigenvalue weighted by molar-refractivity contribution is 1.10. The van der Waals surface area contributed by atoms with E-state index in [9.17, 15) is 0 Å². The third-order valence-corrected chi connectivity index (χ3v) is 14.4. The zero-order valence-electron chi connectivity index (χ0n) is 41.2. The normalized spacial score (nSPS) is 11.4. The molecule has 6 nitrogen and oxygen atoms in total. The number of fused-ring (bicyclic) bond motifs is 3. The van der Waals surface area contributed by atoms with Crippen LogP contribution < -0.4 is 0 Å². The maximum atomic E-state index is 5.60. The minimum Gasteiger partial charge on any atom is -0.292 e. The smallest absolute Gasteiger partial charge is 0.160 e. The molecule has 0 saturated heterocycles. The molecule has 0 bridgehead atoms. The molecule has 0 amide bonds. The average Bonchev–Trinajstić information content (AvgIpc) is 4.14. The standard InChI is InChI=1S/C70H46N6/c1-5-19-47(20-6-1)53-23-17-25-55(43-53)57-45-60(56-26-18-24-54(44-56)48-21-7-2-8-22-48)67-61(46-57)66(49-35-39-51(40-36-49)69-71-62-31-13-15-33-64(62)75(69)58-27-9-3-10-28-58)73-68(74-67)50-37-41-52(42-38-50)70-72-63-32-14-16-34-65(63)76(70)59-29-11-4-12-30-59/h1-46H. The Morgan fingerprint density at radius 1 is 0.250 bits per heavy atom. The minimum absolute atomic E-state index is 0.625. The fourth-order valence-corrected chi connectivity index (χ4v) is 10.6. The number of nitrogens with zero attached hydrogens (tertiary/aromatic N) is 6. The molecule has 14 aromatic rings. The van der Waals surface area contributed by atoms with Gasteiger partial charge < -0.3 is 0 Å². The van der Waals surface area contributed by atoms with E-state index in [4.69, 9.17) is 19.9 Å². The van der Waals surface area contributed by atoms with Gasteiger partial charge in [0.25, 0.3) is 0 Å². The van der Waals surface area contributed by atoms with Crippen molar-refractivity contribution in [3.05, 3.63) is 279 Å². The highest BCUT2D eigenvalue weighted by Crippen LogP contribution is 2.41. The Hall–Kier alpha value is -10.3. The molecule has 76 heavy (non-hydrogen) atoms. The predicted molar refractivity (Wildman–Crippen MR) is 312 cm³/mol. The molecule has 0 unspecified atom stereocenters. The van der Waals surface area contributed by atoms with Crippen LogP contribution in [0.25, 0.3) is 134 Å². The molecule has 0 atom stereocenters. The Morgan fingerprint density at radius 2 is 0.658 bits per heavy atom. The van der Waals surface area contributed by atoms with Crippen molar-refractivity contribution in [2.24, 2.45) is 0 Å². The van der Waals surface area contributed by atoms with E-state index in [1.54, 1.807) is 0 Å². The zero-order valence-corrected chi connectivity index (χ0v) is 41.2. The molecule has 0 fully saturated rings. The molecule has 0 N–H and O–H groups in total. The Morgan fingerprint density at radius 3 is 1.18 bits per heavy atom. The molecular weight excluding hydrogens is 925 g/mol. The van der Waals surface area contributed by atoms with Crippen LogP contribution in [0.4, 0.5) is 0 Å². The summed E-state index contributed by atoms with van der Waals surface area (Å²) in [6.45, 7) is 0. The number of hydrogen-bond acceptors (Lipinski definition) is 4. The second kappa shape index (κ2) is 19.0. The first-order valence-corrected chi connectivity index (χ1v) is 25.6. The van der Waals surface area contributed by atoms with Gasteiger partial charge in [0.2, 0.25) is 0 Å². The van der Waals surface area contributed by atoms with E-state index in [-0.39, 0.29) is 0 Å². The summed E-state index contributed by atoms with van der Waals surface area (Å²) in [5.74, 6) is 2.36. The van der Waals surface area contributed by atoms with Crippen LogP contribution in [-0.4, -0.2) is 29.1 Å². The van der Waals surface area contributed by atoms with E-state index in [0.29, 0.717) is 5.82 Å². The molecule has 11 aromatic carbocycles. The minimum atomic E-state index is 0.625. The summed E-state index contributed by atoms with van der Waals surface area (Å²) >= 11 is 0. The van der Waals surface area contributed by atoms with Gasteiger partial charge in [-0.2, -0.15) is 0 Å². The van der Waals surface area contributed by atoms with Gasteiger partial charge in [-0.05, 0) is 112 Å². The number of hydrogen-bond donors (Lipinski definition) is 0. The van der Waals surface area contributed by atoms with Crippen LogP contribution in [0.15, 0.2) is 279 Å². The first kappa shape index (κ1) is 44.4. The van der Waals surface area contributed by atoms with Crippen molar-refractivity contribution in [2.45, 2.75) is 0 Å². The van der Waals surface area contributed by atoms with Gasteiger partial charge in [-0.1, -0.05) is 206 Å². The van der Waals surface area contributed by atoms with Gasteiger partial charge in [-0.3, -0.25) is 9.13 Å². The van der Waals surface area contributed by atoms with Crippen molar-refractivity contribution in [1.82, 2.24) is 29.1 Å². The largest absolute Gasteiger partial charge is 0.292 e. The fourth-order valence-electron chi connectivity index (χ4n) is 10.6. The van der Waals surface area contributed by atoms with Crippen LogP contribution in [0, 0.1) is 0 Å². The maximum absolute atomic E-state index is 5.60. The Labute approximate surface area is 440 Å². The molecule has 6 heteroatoms. The van der Waals surface area contributed by atoms with E-state index in [1.165, 1.54) is 5.56 Å². The van der Waals surface area contributed by atoms with Gasteiger partial charge in [-0.25, -0.2) is 19.9 Å². The summed E-state index contributed by atoms with van der Waals surface area (Å²) in [5, 5.41) is 0.948. The fraction of sp³-hybridized carbons (Fsp3) is 0. The van der Waals surface area contributed by atoms with E-state index in [0.717, 1.165) is 123 Å². The van der Waals surface area contributed by atoms with Gasteiger partial charge in [0.05, 0.1) is 33.3 Å². The zero-order chi connectivity index (χ0) is 50.4. The van der Waals surface area contributed by atoms with Gasteiger partial charge >= 0.3 is 0 Å². The topological polar surface area (TPSA) is 61.4 Å². The molecule has 356 valence electrons. The Balaban J connectivity index is 0.980. The molecule has 0 spiro atoms. The molecule has 14 rings (SSSR count). The summed E-state index contributed by atoms with van der Waals surface area (Å²) in [5.41, 5.74) is 20.5. The monoisotopic (exact) mass is 970 g/mol. The third kappa shape index (κ3) is 8.11. The quantitative estimate of drug-likeness (QED) is 0.137.